The Morgan fingerprint density at radius 2 is 2.03 bits per heavy atom. The van der Waals surface area contributed by atoms with E-state index in [-0.39, 0.29) is 33.2 Å². The van der Waals surface area contributed by atoms with Crippen LogP contribution in [0.3, 0.4) is 0 Å². The van der Waals surface area contributed by atoms with Gasteiger partial charge in [0.25, 0.3) is 11.6 Å². The third kappa shape index (κ3) is 4.46. The van der Waals surface area contributed by atoms with E-state index in [1.54, 1.807) is 4.90 Å². The SMILES string of the molecule is CCc1ccc(N2CC(c3nnc(NC(=O)c4ccc(Cl)c([N+](=O)[O-])c4)s3)CC2=O)cc1. The number of nitrogens with one attached hydrogen (secondary N) is 1. The number of rotatable bonds is 6. The summed E-state index contributed by atoms with van der Waals surface area (Å²) in [5, 5.41) is 22.6. The van der Waals surface area contributed by atoms with E-state index in [1.165, 1.54) is 29.0 Å². The number of aryl methyl sites for hydroxylation is 1. The predicted octanol–water partition coefficient (Wildman–Crippen LogP) is 4.43. The van der Waals surface area contributed by atoms with Crippen LogP contribution in [0.15, 0.2) is 42.5 Å². The van der Waals surface area contributed by atoms with E-state index in [0.717, 1.165) is 18.2 Å². The van der Waals surface area contributed by atoms with Crippen molar-refractivity contribution in [2.24, 2.45) is 0 Å². The summed E-state index contributed by atoms with van der Waals surface area (Å²) < 4.78 is 0. The summed E-state index contributed by atoms with van der Waals surface area (Å²) in [7, 11) is 0. The van der Waals surface area contributed by atoms with E-state index in [0.29, 0.717) is 18.0 Å². The van der Waals surface area contributed by atoms with Gasteiger partial charge >= 0.3 is 0 Å². The number of carbonyl (C=O) groups excluding carboxylic acids is 2. The van der Waals surface area contributed by atoms with E-state index in [9.17, 15) is 19.7 Å². The molecule has 1 aromatic heterocycles. The van der Waals surface area contributed by atoms with Gasteiger partial charge in [-0.2, -0.15) is 0 Å². The molecule has 1 aliphatic rings. The van der Waals surface area contributed by atoms with E-state index < -0.39 is 10.8 Å². The average molecular weight is 472 g/mol. The van der Waals surface area contributed by atoms with Crippen molar-refractivity contribution in [3.8, 4) is 0 Å². The van der Waals surface area contributed by atoms with Gasteiger partial charge in [-0.3, -0.25) is 25.0 Å². The van der Waals surface area contributed by atoms with Gasteiger partial charge in [-0.25, -0.2) is 0 Å². The molecular formula is C21H18ClN5O4S. The number of benzene rings is 2. The Balaban J connectivity index is 1.45. The number of aromatic nitrogens is 2. The van der Waals surface area contributed by atoms with Crippen molar-refractivity contribution in [2.45, 2.75) is 25.7 Å². The fourth-order valence-electron chi connectivity index (χ4n) is 3.45. The number of nitro benzene ring substituents is 1. The Hall–Kier alpha value is -3.37. The van der Waals surface area contributed by atoms with Crippen LogP contribution < -0.4 is 10.2 Å². The minimum atomic E-state index is -0.652. The number of carbonyl (C=O) groups is 2. The second-order valence-corrected chi connectivity index (χ2v) is 8.66. The highest BCUT2D eigenvalue weighted by Gasteiger charge is 2.34. The number of hydrogen-bond donors (Lipinski definition) is 1. The van der Waals surface area contributed by atoms with Gasteiger partial charge in [0, 0.05) is 36.2 Å². The zero-order valence-electron chi connectivity index (χ0n) is 16.9. The number of halogens is 1. The highest BCUT2D eigenvalue weighted by atomic mass is 35.5. The van der Waals surface area contributed by atoms with Crippen molar-refractivity contribution in [1.29, 1.82) is 0 Å². The maximum atomic E-state index is 12.5. The minimum absolute atomic E-state index is 0.00788. The smallest absolute Gasteiger partial charge is 0.288 e. The molecule has 32 heavy (non-hydrogen) atoms. The molecular weight excluding hydrogens is 454 g/mol. The molecule has 3 aromatic rings. The number of amides is 2. The first-order chi connectivity index (χ1) is 15.4. The Morgan fingerprint density at radius 3 is 2.72 bits per heavy atom. The molecule has 1 atom stereocenters. The Kier molecular flexibility index (Phi) is 6.15. The normalized spacial score (nSPS) is 15.8. The van der Waals surface area contributed by atoms with Crippen LogP contribution in [0.1, 0.15) is 40.2 Å². The number of hydrogen-bond acceptors (Lipinski definition) is 7. The monoisotopic (exact) mass is 471 g/mol. The van der Waals surface area contributed by atoms with E-state index in [1.807, 2.05) is 24.3 Å². The lowest BCUT2D eigenvalue weighted by Crippen LogP contribution is -2.24. The molecule has 1 fully saturated rings. The maximum Gasteiger partial charge on any atom is 0.288 e. The molecule has 2 amide bonds. The Labute approximate surface area is 192 Å². The van der Waals surface area contributed by atoms with Gasteiger partial charge in [0.15, 0.2) is 0 Å². The van der Waals surface area contributed by atoms with Crippen LogP contribution in [0.2, 0.25) is 5.02 Å². The Morgan fingerprint density at radius 1 is 1.28 bits per heavy atom. The van der Waals surface area contributed by atoms with Gasteiger partial charge < -0.3 is 4.90 Å². The predicted molar refractivity (Wildman–Crippen MR) is 121 cm³/mol. The highest BCUT2D eigenvalue weighted by Crippen LogP contribution is 2.34. The lowest BCUT2D eigenvalue weighted by Gasteiger charge is -2.16. The molecule has 0 radical (unpaired) electrons. The average Bonchev–Trinajstić information content (AvgIpc) is 3.40. The van der Waals surface area contributed by atoms with Crippen LogP contribution in [0.4, 0.5) is 16.5 Å². The first-order valence-corrected chi connectivity index (χ1v) is 11.0. The van der Waals surface area contributed by atoms with Gasteiger partial charge in [-0.1, -0.05) is 42.0 Å². The lowest BCUT2D eigenvalue weighted by molar-refractivity contribution is -0.384. The summed E-state index contributed by atoms with van der Waals surface area (Å²) in [4.78, 5) is 37.1. The molecule has 0 bridgehead atoms. The standard InChI is InChI=1S/C21H18ClN5O4S/c1-2-12-3-6-15(7-4-12)26-11-14(10-18(26)28)20-24-25-21(32-20)23-19(29)13-5-8-16(22)17(9-13)27(30)31/h3-9,14H,2,10-11H2,1H3,(H,23,25,29). The molecule has 1 saturated heterocycles. The number of nitrogens with zero attached hydrogens (tertiary/aromatic N) is 4. The summed E-state index contributed by atoms with van der Waals surface area (Å²) in [5.41, 5.74) is 1.77. The highest BCUT2D eigenvalue weighted by molar-refractivity contribution is 7.15. The van der Waals surface area contributed by atoms with Crippen molar-refractivity contribution < 1.29 is 14.5 Å². The third-order valence-electron chi connectivity index (χ3n) is 5.20. The number of anilines is 2. The van der Waals surface area contributed by atoms with Gasteiger partial charge in [0.05, 0.1) is 4.92 Å². The first kappa shape index (κ1) is 21.8. The van der Waals surface area contributed by atoms with Gasteiger partial charge in [0.2, 0.25) is 11.0 Å². The number of nitro groups is 1. The van der Waals surface area contributed by atoms with Crippen LogP contribution in [0.25, 0.3) is 0 Å². The summed E-state index contributed by atoms with van der Waals surface area (Å²) in [6.45, 7) is 2.56. The fourth-order valence-corrected chi connectivity index (χ4v) is 4.46. The molecule has 164 valence electrons. The van der Waals surface area contributed by atoms with Crippen LogP contribution in [0.5, 0.6) is 0 Å². The topological polar surface area (TPSA) is 118 Å². The van der Waals surface area contributed by atoms with Crippen LogP contribution in [-0.4, -0.2) is 33.5 Å². The second-order valence-electron chi connectivity index (χ2n) is 7.25. The molecule has 9 nitrogen and oxygen atoms in total. The molecule has 0 aliphatic carbocycles. The van der Waals surface area contributed by atoms with E-state index >= 15 is 0 Å². The zero-order valence-corrected chi connectivity index (χ0v) is 18.5. The summed E-state index contributed by atoms with van der Waals surface area (Å²) in [6.07, 6.45) is 1.24. The van der Waals surface area contributed by atoms with Crippen molar-refractivity contribution in [2.75, 3.05) is 16.8 Å². The fraction of sp³-hybridized carbons (Fsp3) is 0.238. The largest absolute Gasteiger partial charge is 0.312 e. The van der Waals surface area contributed by atoms with Gasteiger partial charge in [0.1, 0.15) is 10.0 Å². The third-order valence-corrected chi connectivity index (χ3v) is 6.52. The van der Waals surface area contributed by atoms with Crippen molar-refractivity contribution in [3.63, 3.8) is 0 Å². The molecule has 0 saturated carbocycles. The zero-order chi connectivity index (χ0) is 22.8. The minimum Gasteiger partial charge on any atom is -0.312 e. The maximum absolute atomic E-state index is 12.5. The second kappa shape index (κ2) is 9.01. The molecule has 1 unspecified atom stereocenters. The van der Waals surface area contributed by atoms with Crippen molar-refractivity contribution in [1.82, 2.24) is 10.2 Å². The van der Waals surface area contributed by atoms with E-state index in [4.69, 9.17) is 11.6 Å². The Bertz CT molecular complexity index is 1200. The summed E-state index contributed by atoms with van der Waals surface area (Å²) in [6, 6.07) is 11.7. The van der Waals surface area contributed by atoms with Crippen molar-refractivity contribution >= 4 is 51.3 Å². The summed E-state index contributed by atoms with van der Waals surface area (Å²) in [5.74, 6) is -0.686. The van der Waals surface area contributed by atoms with Gasteiger partial charge in [-0.05, 0) is 36.2 Å². The van der Waals surface area contributed by atoms with Crippen molar-refractivity contribution in [3.05, 3.63) is 73.7 Å². The first-order valence-electron chi connectivity index (χ1n) is 9.83. The molecule has 1 N–H and O–H groups in total. The van der Waals surface area contributed by atoms with Crippen LogP contribution in [0, 0.1) is 10.1 Å². The summed E-state index contributed by atoms with van der Waals surface area (Å²) >= 11 is 6.97. The molecule has 0 spiro atoms. The molecule has 4 rings (SSSR count). The quantitative estimate of drug-likeness (QED) is 0.419. The molecule has 2 aromatic carbocycles. The van der Waals surface area contributed by atoms with Crippen LogP contribution in [-0.2, 0) is 11.2 Å². The van der Waals surface area contributed by atoms with Crippen LogP contribution >= 0.6 is 22.9 Å². The molecule has 11 heteroatoms. The molecule has 2 heterocycles. The lowest BCUT2D eigenvalue weighted by atomic mass is 10.1. The van der Waals surface area contributed by atoms with Gasteiger partial charge in [-0.15, -0.1) is 10.2 Å². The van der Waals surface area contributed by atoms with E-state index in [2.05, 4.69) is 22.4 Å². The molecule has 1 aliphatic heterocycles.